The van der Waals surface area contributed by atoms with Gasteiger partial charge in [-0.15, -0.1) is 0 Å². The van der Waals surface area contributed by atoms with Crippen LogP contribution in [0.25, 0.3) is 22.4 Å². The van der Waals surface area contributed by atoms with Crippen LogP contribution in [0.4, 0.5) is 0 Å². The van der Waals surface area contributed by atoms with E-state index in [9.17, 15) is 0 Å². The molecule has 2 heteroatoms. The molecule has 0 aliphatic heterocycles. The molecule has 0 spiro atoms. The van der Waals surface area contributed by atoms with Gasteiger partial charge in [-0.3, -0.25) is 0 Å². The number of rotatable bonds is 8. The maximum Gasteiger partial charge on any atom is 0.213 e. The van der Waals surface area contributed by atoms with Crippen LogP contribution in [0.15, 0.2) is 67.1 Å². The lowest BCUT2D eigenvalue weighted by molar-refractivity contribution is -0.696. The smallest absolute Gasteiger partial charge is 0.205 e. The molecule has 0 fully saturated rings. The molecule has 1 unspecified atom stereocenters. The third kappa shape index (κ3) is 4.67. The van der Waals surface area contributed by atoms with Gasteiger partial charge in [0.2, 0.25) is 5.69 Å². The van der Waals surface area contributed by atoms with E-state index in [2.05, 4.69) is 104 Å². The van der Waals surface area contributed by atoms with Gasteiger partial charge < -0.3 is 0 Å². The van der Waals surface area contributed by atoms with Crippen LogP contribution in [0.3, 0.4) is 0 Å². The molecular weight excluding hydrogens is 340 g/mol. The molecule has 3 rings (SSSR count). The van der Waals surface area contributed by atoms with Crippen LogP contribution >= 0.6 is 0 Å². The molecule has 1 aromatic carbocycles. The Morgan fingerprint density at radius 1 is 0.714 bits per heavy atom. The molecule has 0 saturated heterocycles. The van der Waals surface area contributed by atoms with Gasteiger partial charge in [0.15, 0.2) is 18.6 Å². The minimum absolute atomic E-state index is 0.613. The normalized spacial score (nSPS) is 12.1. The fraction of sp³-hybridized carbons (Fsp3) is 0.385. The molecule has 0 aliphatic rings. The van der Waals surface area contributed by atoms with E-state index in [0.717, 1.165) is 25.9 Å². The molecule has 0 amide bonds. The Hall–Kier alpha value is -2.48. The Kier molecular flexibility index (Phi) is 6.97. The van der Waals surface area contributed by atoms with Crippen molar-refractivity contribution >= 4 is 0 Å². The summed E-state index contributed by atoms with van der Waals surface area (Å²) in [5, 5.41) is 0. The topological polar surface area (TPSA) is 7.76 Å². The highest BCUT2D eigenvalue weighted by atomic mass is 15.0. The highest BCUT2D eigenvalue weighted by molar-refractivity contribution is 5.68. The van der Waals surface area contributed by atoms with Crippen LogP contribution in [0.5, 0.6) is 0 Å². The van der Waals surface area contributed by atoms with Gasteiger partial charge in [0, 0.05) is 42.7 Å². The summed E-state index contributed by atoms with van der Waals surface area (Å²) in [7, 11) is 0. The second-order valence-corrected chi connectivity index (χ2v) is 7.75. The molecule has 0 bridgehead atoms. The van der Waals surface area contributed by atoms with Crippen LogP contribution in [0, 0.1) is 0 Å². The summed E-state index contributed by atoms with van der Waals surface area (Å²) in [5.74, 6) is 0.613. The largest absolute Gasteiger partial charge is 0.213 e. The van der Waals surface area contributed by atoms with Gasteiger partial charge >= 0.3 is 0 Å². The zero-order valence-corrected chi connectivity index (χ0v) is 17.9. The first kappa shape index (κ1) is 20.3. The molecule has 2 nitrogen and oxygen atoms in total. The quantitative estimate of drug-likeness (QED) is 0.432. The van der Waals surface area contributed by atoms with Crippen molar-refractivity contribution in [2.75, 3.05) is 0 Å². The Balaban J connectivity index is 1.97. The second-order valence-electron chi connectivity index (χ2n) is 7.75. The van der Waals surface area contributed by atoms with Crippen LogP contribution in [0.1, 0.15) is 58.4 Å². The minimum atomic E-state index is 0.613. The summed E-state index contributed by atoms with van der Waals surface area (Å²) in [6, 6.07) is 18.2. The van der Waals surface area contributed by atoms with E-state index < -0.39 is 0 Å². The predicted molar refractivity (Wildman–Crippen MR) is 117 cm³/mol. The van der Waals surface area contributed by atoms with Gasteiger partial charge in [-0.1, -0.05) is 39.8 Å². The standard InChI is InChI=1S/C26H34N2/c1-5-15-27-17-12-23(13-18-27)25-14-19-28(16-6-2)26(20-25)24-10-8-22(9-11-24)21(4)7-3/h8-14,17-21H,5-7,15-16H2,1-4H3/q+2. The van der Waals surface area contributed by atoms with Crippen molar-refractivity contribution in [3.63, 3.8) is 0 Å². The summed E-state index contributed by atoms with van der Waals surface area (Å²) in [4.78, 5) is 0. The van der Waals surface area contributed by atoms with Gasteiger partial charge in [-0.05, 0) is 41.2 Å². The zero-order valence-electron chi connectivity index (χ0n) is 17.9. The Morgan fingerprint density at radius 2 is 1.36 bits per heavy atom. The summed E-state index contributed by atoms with van der Waals surface area (Å²) in [5.41, 5.74) is 6.55. The monoisotopic (exact) mass is 374 g/mol. The van der Waals surface area contributed by atoms with Gasteiger partial charge in [-0.2, -0.15) is 4.57 Å². The third-order valence-electron chi connectivity index (χ3n) is 5.59. The van der Waals surface area contributed by atoms with E-state index in [4.69, 9.17) is 0 Å². The van der Waals surface area contributed by atoms with E-state index in [1.807, 2.05) is 0 Å². The fourth-order valence-corrected chi connectivity index (χ4v) is 3.67. The molecule has 0 aliphatic carbocycles. The Morgan fingerprint density at radius 3 is 1.96 bits per heavy atom. The van der Waals surface area contributed by atoms with Crippen molar-refractivity contribution in [1.29, 1.82) is 0 Å². The average molecular weight is 375 g/mol. The lowest BCUT2D eigenvalue weighted by atomic mass is 9.96. The van der Waals surface area contributed by atoms with Crippen molar-refractivity contribution in [2.45, 2.75) is 66.0 Å². The van der Waals surface area contributed by atoms with E-state index in [1.165, 1.54) is 34.4 Å². The third-order valence-corrected chi connectivity index (χ3v) is 5.59. The summed E-state index contributed by atoms with van der Waals surface area (Å²) < 4.78 is 4.63. The van der Waals surface area contributed by atoms with Crippen molar-refractivity contribution < 1.29 is 9.13 Å². The van der Waals surface area contributed by atoms with Gasteiger partial charge in [0.05, 0.1) is 0 Å². The van der Waals surface area contributed by atoms with E-state index in [-0.39, 0.29) is 0 Å². The number of hydrogen-bond donors (Lipinski definition) is 0. The van der Waals surface area contributed by atoms with Crippen molar-refractivity contribution in [3.8, 4) is 22.4 Å². The van der Waals surface area contributed by atoms with E-state index in [1.54, 1.807) is 0 Å². The second kappa shape index (κ2) is 9.64. The minimum Gasteiger partial charge on any atom is -0.205 e. The summed E-state index contributed by atoms with van der Waals surface area (Å²) >= 11 is 0. The van der Waals surface area contributed by atoms with Crippen LogP contribution < -0.4 is 9.13 Å². The molecule has 2 heterocycles. The SMILES string of the molecule is CCC[n+]1ccc(-c2cc[n+](CCC)c(-c3ccc(C(C)CC)cc3)c2)cc1. The predicted octanol–water partition coefficient (Wildman–Crippen LogP) is 5.93. The van der Waals surface area contributed by atoms with Crippen molar-refractivity contribution in [2.24, 2.45) is 0 Å². The summed E-state index contributed by atoms with van der Waals surface area (Å²) in [6.07, 6.45) is 10.1. The molecule has 1 atom stereocenters. The van der Waals surface area contributed by atoms with Crippen molar-refractivity contribution in [1.82, 2.24) is 0 Å². The lowest BCUT2D eigenvalue weighted by Crippen LogP contribution is -2.35. The first-order valence-electron chi connectivity index (χ1n) is 10.8. The van der Waals surface area contributed by atoms with E-state index in [0.29, 0.717) is 5.92 Å². The number of aromatic nitrogens is 2. The number of hydrogen-bond acceptors (Lipinski definition) is 0. The maximum atomic E-state index is 2.38. The molecule has 2 aromatic heterocycles. The van der Waals surface area contributed by atoms with Crippen molar-refractivity contribution in [3.05, 3.63) is 72.7 Å². The Bertz CT molecular complexity index is 879. The molecule has 0 saturated carbocycles. The van der Waals surface area contributed by atoms with Crippen LogP contribution in [-0.2, 0) is 13.1 Å². The van der Waals surface area contributed by atoms with Gasteiger partial charge in [-0.25, -0.2) is 4.57 Å². The fourth-order valence-electron chi connectivity index (χ4n) is 3.67. The first-order valence-corrected chi connectivity index (χ1v) is 10.8. The number of nitrogens with zero attached hydrogens (tertiary/aromatic N) is 2. The zero-order chi connectivity index (χ0) is 19.9. The average Bonchev–Trinajstić information content (AvgIpc) is 2.75. The molecule has 0 N–H and O–H groups in total. The highest BCUT2D eigenvalue weighted by Crippen LogP contribution is 2.26. The molecular formula is C26H34N2+2. The number of aryl methyl sites for hydroxylation is 2. The highest BCUT2D eigenvalue weighted by Gasteiger charge is 2.15. The molecule has 28 heavy (non-hydrogen) atoms. The molecule has 146 valence electrons. The van der Waals surface area contributed by atoms with Gasteiger partial charge in [0.1, 0.15) is 13.1 Å². The Labute approximate surface area is 170 Å². The lowest BCUT2D eigenvalue weighted by Gasteiger charge is -2.10. The molecule has 3 aromatic rings. The number of benzene rings is 1. The first-order chi connectivity index (χ1) is 13.7. The molecule has 0 radical (unpaired) electrons. The van der Waals surface area contributed by atoms with Crippen LogP contribution in [0.2, 0.25) is 0 Å². The maximum absolute atomic E-state index is 2.38. The van der Waals surface area contributed by atoms with E-state index >= 15 is 0 Å². The van der Waals surface area contributed by atoms with Gasteiger partial charge in [0.25, 0.3) is 0 Å². The number of pyridine rings is 2. The summed E-state index contributed by atoms with van der Waals surface area (Å²) in [6.45, 7) is 11.1. The van der Waals surface area contributed by atoms with Crippen LogP contribution in [-0.4, -0.2) is 0 Å².